The molecule has 0 aliphatic heterocycles. The normalized spacial score (nSPS) is 12.2. The van der Waals surface area contributed by atoms with Gasteiger partial charge in [0.25, 0.3) is 5.91 Å². The molecule has 19 heavy (non-hydrogen) atoms. The summed E-state index contributed by atoms with van der Waals surface area (Å²) in [5.41, 5.74) is 0.918. The molecule has 1 amide bonds. The van der Waals surface area contributed by atoms with Gasteiger partial charge in [-0.25, -0.2) is 9.07 Å². The molecule has 1 atom stereocenters. The number of halogens is 1. The molecule has 2 N–H and O–H groups in total. The Bertz CT molecular complexity index is 608. The number of aliphatic hydroxyl groups excluding tert-OH is 1. The highest BCUT2D eigenvalue weighted by Gasteiger charge is 2.12. The molecule has 1 aromatic heterocycles. The maximum Gasteiger partial charge on any atom is 0.271 e. The molecule has 0 saturated heterocycles. The van der Waals surface area contributed by atoms with E-state index >= 15 is 0 Å². The van der Waals surface area contributed by atoms with Crippen molar-refractivity contribution in [3.8, 4) is 5.69 Å². The van der Waals surface area contributed by atoms with E-state index in [1.165, 1.54) is 36.1 Å². The fourth-order valence-electron chi connectivity index (χ4n) is 1.68. The van der Waals surface area contributed by atoms with E-state index in [1.807, 2.05) is 0 Å². The molecule has 0 fully saturated rings. The Hall–Kier alpha value is -2.21. The zero-order valence-electron chi connectivity index (χ0n) is 10.6. The van der Waals surface area contributed by atoms with Crippen LogP contribution in [0, 0.1) is 5.82 Å². The number of aromatic nitrogens is 2. The Morgan fingerprint density at radius 2 is 2.21 bits per heavy atom. The maximum atomic E-state index is 13.9. The molecule has 0 unspecified atom stereocenters. The molecule has 100 valence electrons. The lowest BCUT2D eigenvalue weighted by molar-refractivity contribution is 0.0957. The summed E-state index contributed by atoms with van der Waals surface area (Å²) in [6, 6.07) is 5.88. The summed E-state index contributed by atoms with van der Waals surface area (Å²) in [7, 11) is 1.50. The summed E-state index contributed by atoms with van der Waals surface area (Å²) in [6.45, 7) is 1.56. The lowest BCUT2D eigenvalue weighted by Gasteiger charge is -2.08. The average Bonchev–Trinajstić information content (AvgIpc) is 2.87. The van der Waals surface area contributed by atoms with E-state index in [9.17, 15) is 14.3 Å². The van der Waals surface area contributed by atoms with Gasteiger partial charge in [-0.2, -0.15) is 5.10 Å². The fourth-order valence-corrected chi connectivity index (χ4v) is 1.68. The van der Waals surface area contributed by atoms with Gasteiger partial charge in [0.05, 0.1) is 6.10 Å². The highest BCUT2D eigenvalue weighted by Crippen LogP contribution is 2.19. The number of carbonyl (C=O) groups excluding carboxylic acids is 1. The quantitative estimate of drug-likeness (QED) is 0.880. The van der Waals surface area contributed by atoms with Crippen molar-refractivity contribution in [2.24, 2.45) is 0 Å². The number of nitrogens with zero attached hydrogens (tertiary/aromatic N) is 2. The zero-order chi connectivity index (χ0) is 14.0. The first kappa shape index (κ1) is 13.2. The van der Waals surface area contributed by atoms with Gasteiger partial charge in [-0.05, 0) is 30.7 Å². The van der Waals surface area contributed by atoms with Gasteiger partial charge < -0.3 is 10.4 Å². The van der Waals surface area contributed by atoms with Gasteiger partial charge in [-0.15, -0.1) is 0 Å². The summed E-state index contributed by atoms with van der Waals surface area (Å²) < 4.78 is 15.2. The molecular weight excluding hydrogens is 249 g/mol. The Balaban J connectivity index is 2.37. The molecule has 0 radical (unpaired) electrons. The highest BCUT2D eigenvalue weighted by atomic mass is 19.1. The molecule has 1 heterocycles. The first-order valence-corrected chi connectivity index (χ1v) is 5.78. The summed E-state index contributed by atoms with van der Waals surface area (Å²) in [5, 5.41) is 15.8. The Morgan fingerprint density at radius 3 is 2.79 bits per heavy atom. The van der Waals surface area contributed by atoms with Crippen LogP contribution in [-0.4, -0.2) is 27.8 Å². The fraction of sp³-hybridized carbons (Fsp3) is 0.231. The first-order chi connectivity index (χ1) is 9.02. The van der Waals surface area contributed by atoms with Gasteiger partial charge in [-0.3, -0.25) is 4.79 Å². The van der Waals surface area contributed by atoms with Gasteiger partial charge in [-0.1, -0.05) is 6.07 Å². The van der Waals surface area contributed by atoms with E-state index < -0.39 is 11.9 Å². The molecule has 5 nitrogen and oxygen atoms in total. The second-order valence-electron chi connectivity index (χ2n) is 4.11. The van der Waals surface area contributed by atoms with E-state index in [2.05, 4.69) is 10.4 Å². The van der Waals surface area contributed by atoms with Crippen molar-refractivity contribution in [3.63, 3.8) is 0 Å². The van der Waals surface area contributed by atoms with Crippen molar-refractivity contribution in [1.29, 1.82) is 0 Å². The molecule has 0 bridgehead atoms. The minimum Gasteiger partial charge on any atom is -0.389 e. The van der Waals surface area contributed by atoms with Crippen molar-refractivity contribution in [1.82, 2.24) is 15.1 Å². The molecule has 0 aliphatic carbocycles. The topological polar surface area (TPSA) is 67.2 Å². The third kappa shape index (κ3) is 2.63. The van der Waals surface area contributed by atoms with Crippen molar-refractivity contribution in [2.45, 2.75) is 13.0 Å². The SMILES string of the molecule is CNC(=O)c1ccn(-c2ccc([C@@H](C)O)cc2F)n1. The molecule has 0 saturated carbocycles. The molecular formula is C13H14FN3O2. The van der Waals surface area contributed by atoms with Crippen molar-refractivity contribution in [2.75, 3.05) is 7.05 Å². The van der Waals surface area contributed by atoms with Gasteiger partial charge in [0.1, 0.15) is 11.5 Å². The van der Waals surface area contributed by atoms with Crippen LogP contribution in [0.2, 0.25) is 0 Å². The summed E-state index contributed by atoms with van der Waals surface area (Å²) in [6.07, 6.45) is 0.771. The minimum absolute atomic E-state index is 0.210. The molecule has 0 aliphatic rings. The predicted octanol–water partition coefficient (Wildman–Crippen LogP) is 1.42. The summed E-state index contributed by atoms with van der Waals surface area (Å²) in [4.78, 5) is 11.4. The number of hydrogen-bond acceptors (Lipinski definition) is 3. The van der Waals surface area contributed by atoms with E-state index in [4.69, 9.17) is 0 Å². The third-order valence-electron chi connectivity index (χ3n) is 2.75. The number of amides is 1. The Morgan fingerprint density at radius 1 is 1.47 bits per heavy atom. The van der Waals surface area contributed by atoms with Crippen molar-refractivity contribution < 1.29 is 14.3 Å². The molecule has 6 heteroatoms. The van der Waals surface area contributed by atoms with Crippen LogP contribution in [0.5, 0.6) is 0 Å². The second-order valence-corrected chi connectivity index (χ2v) is 4.11. The maximum absolute atomic E-state index is 13.9. The van der Waals surface area contributed by atoms with Crippen LogP contribution in [0.15, 0.2) is 30.5 Å². The Kier molecular flexibility index (Phi) is 3.62. The van der Waals surface area contributed by atoms with Crippen molar-refractivity contribution >= 4 is 5.91 Å². The Labute approximate surface area is 109 Å². The number of aliphatic hydroxyl groups is 1. The lowest BCUT2D eigenvalue weighted by atomic mass is 10.1. The van der Waals surface area contributed by atoms with Crippen LogP contribution in [0.25, 0.3) is 5.69 Å². The van der Waals surface area contributed by atoms with Crippen LogP contribution >= 0.6 is 0 Å². The smallest absolute Gasteiger partial charge is 0.271 e. The van der Waals surface area contributed by atoms with Crippen LogP contribution in [0.3, 0.4) is 0 Å². The summed E-state index contributed by atoms with van der Waals surface area (Å²) in [5.74, 6) is -0.843. The number of rotatable bonds is 3. The van der Waals surface area contributed by atoms with Crippen LogP contribution < -0.4 is 5.32 Å². The molecule has 2 aromatic rings. The average molecular weight is 263 g/mol. The summed E-state index contributed by atoms with van der Waals surface area (Å²) >= 11 is 0. The third-order valence-corrected chi connectivity index (χ3v) is 2.75. The van der Waals surface area contributed by atoms with Crippen LogP contribution in [0.4, 0.5) is 4.39 Å². The zero-order valence-corrected chi connectivity index (χ0v) is 10.6. The van der Waals surface area contributed by atoms with E-state index in [0.29, 0.717) is 5.56 Å². The van der Waals surface area contributed by atoms with E-state index in [1.54, 1.807) is 13.0 Å². The predicted molar refractivity (Wildman–Crippen MR) is 67.5 cm³/mol. The molecule has 0 spiro atoms. The van der Waals surface area contributed by atoms with E-state index in [0.717, 1.165) is 0 Å². The highest BCUT2D eigenvalue weighted by molar-refractivity contribution is 5.91. The van der Waals surface area contributed by atoms with Gasteiger partial charge >= 0.3 is 0 Å². The minimum atomic E-state index is -0.734. The van der Waals surface area contributed by atoms with Crippen molar-refractivity contribution in [3.05, 3.63) is 47.5 Å². The van der Waals surface area contributed by atoms with Crippen LogP contribution in [-0.2, 0) is 0 Å². The number of nitrogens with one attached hydrogen (secondary N) is 1. The standard InChI is InChI=1S/C13H14FN3O2/c1-8(18)9-3-4-12(10(14)7-9)17-6-5-11(16-17)13(19)15-2/h3-8,18H,1-2H3,(H,15,19)/t8-/m1/s1. The lowest BCUT2D eigenvalue weighted by Crippen LogP contribution is -2.18. The molecule has 2 rings (SSSR count). The second kappa shape index (κ2) is 5.19. The van der Waals surface area contributed by atoms with Gasteiger partial charge in [0.15, 0.2) is 5.69 Å². The van der Waals surface area contributed by atoms with E-state index in [-0.39, 0.29) is 17.3 Å². The van der Waals surface area contributed by atoms with Gasteiger partial charge in [0, 0.05) is 13.2 Å². The first-order valence-electron chi connectivity index (χ1n) is 5.78. The number of hydrogen-bond donors (Lipinski definition) is 2. The monoisotopic (exact) mass is 263 g/mol. The van der Waals surface area contributed by atoms with Gasteiger partial charge in [0.2, 0.25) is 0 Å². The van der Waals surface area contributed by atoms with Crippen LogP contribution in [0.1, 0.15) is 29.1 Å². The number of benzene rings is 1. The molecule has 1 aromatic carbocycles. The number of carbonyl (C=O) groups is 1. The largest absolute Gasteiger partial charge is 0.389 e.